The molecule has 0 atom stereocenters. The van der Waals surface area contributed by atoms with E-state index in [1.807, 2.05) is 0 Å². The monoisotopic (exact) mass is 347 g/mol. The van der Waals surface area contributed by atoms with Crippen LogP contribution in [-0.2, 0) is 10.0 Å². The van der Waals surface area contributed by atoms with Crippen molar-refractivity contribution in [1.82, 2.24) is 4.72 Å². The van der Waals surface area contributed by atoms with Crippen LogP contribution in [0, 0.1) is 6.92 Å². The van der Waals surface area contributed by atoms with E-state index in [-0.39, 0.29) is 17.0 Å². The van der Waals surface area contributed by atoms with E-state index in [4.69, 9.17) is 5.11 Å². The molecule has 0 spiro atoms. The van der Waals surface area contributed by atoms with E-state index in [1.165, 1.54) is 6.07 Å². The second kappa shape index (κ2) is 5.85. The van der Waals surface area contributed by atoms with Crippen LogP contribution in [0.15, 0.2) is 33.7 Å². The number of hydrogen-bond acceptors (Lipinski definition) is 3. The van der Waals surface area contributed by atoms with Gasteiger partial charge in [-0.05, 0) is 31.5 Å². The van der Waals surface area contributed by atoms with Crippen molar-refractivity contribution in [1.29, 1.82) is 0 Å². The first-order chi connectivity index (χ1) is 8.65. The molecule has 0 heterocycles. The second-order valence-electron chi connectivity index (χ2n) is 4.16. The van der Waals surface area contributed by atoms with Gasteiger partial charge in [0.2, 0.25) is 10.0 Å². The van der Waals surface area contributed by atoms with Crippen LogP contribution in [0.3, 0.4) is 0 Å². The smallest absolute Gasteiger partial charge is 0.336 e. The van der Waals surface area contributed by atoms with Gasteiger partial charge in [-0.3, -0.25) is 0 Å². The molecule has 0 bridgehead atoms. The van der Waals surface area contributed by atoms with Crippen LogP contribution >= 0.6 is 15.9 Å². The summed E-state index contributed by atoms with van der Waals surface area (Å²) in [7, 11) is -3.75. The number of nitrogens with one attached hydrogen (secondary N) is 1. The summed E-state index contributed by atoms with van der Waals surface area (Å²) in [5.74, 6) is -1.17. The number of carboxylic acids is 1. The van der Waals surface area contributed by atoms with E-state index in [2.05, 4.69) is 27.2 Å². The van der Waals surface area contributed by atoms with Crippen molar-refractivity contribution in [2.24, 2.45) is 0 Å². The van der Waals surface area contributed by atoms with Gasteiger partial charge in [-0.1, -0.05) is 28.1 Å². The van der Waals surface area contributed by atoms with Crippen molar-refractivity contribution in [2.45, 2.75) is 18.7 Å². The Kier molecular flexibility index (Phi) is 4.89. The van der Waals surface area contributed by atoms with E-state index in [0.717, 1.165) is 6.07 Å². The lowest BCUT2D eigenvalue weighted by Gasteiger charge is -2.10. The summed E-state index contributed by atoms with van der Waals surface area (Å²) in [6.45, 7) is 7.00. The first kappa shape index (κ1) is 15.9. The molecular weight excluding hydrogens is 334 g/mol. The molecule has 0 fully saturated rings. The van der Waals surface area contributed by atoms with Crippen molar-refractivity contribution in [3.63, 3.8) is 0 Å². The third kappa shape index (κ3) is 3.89. The molecule has 0 saturated heterocycles. The van der Waals surface area contributed by atoms with E-state index in [0.29, 0.717) is 15.6 Å². The summed E-state index contributed by atoms with van der Waals surface area (Å²) in [6, 6.07) is 2.52. The van der Waals surface area contributed by atoms with Crippen LogP contribution in [-0.4, -0.2) is 26.0 Å². The minimum absolute atomic E-state index is 0.0509. The van der Waals surface area contributed by atoms with Gasteiger partial charge in [0.15, 0.2) is 0 Å². The molecule has 0 aliphatic rings. The third-order valence-electron chi connectivity index (χ3n) is 2.42. The number of halogens is 1. The number of benzene rings is 1. The Bertz CT molecular complexity index is 637. The summed E-state index contributed by atoms with van der Waals surface area (Å²) in [4.78, 5) is 11.0. The molecule has 1 aromatic rings. The van der Waals surface area contributed by atoms with Crippen molar-refractivity contribution in [2.75, 3.05) is 6.54 Å². The highest BCUT2D eigenvalue weighted by Gasteiger charge is 2.19. The van der Waals surface area contributed by atoms with E-state index >= 15 is 0 Å². The quantitative estimate of drug-likeness (QED) is 0.800. The zero-order chi connectivity index (χ0) is 14.8. The second-order valence-corrected chi connectivity index (χ2v) is 6.79. The summed E-state index contributed by atoms with van der Waals surface area (Å²) in [5, 5.41) is 9.05. The SMILES string of the molecule is C=C(C)CNS(=O)(=O)c1cc(Br)c(C)c(C(=O)O)c1. The van der Waals surface area contributed by atoms with Crippen molar-refractivity contribution in [3.05, 3.63) is 39.9 Å². The number of sulfonamides is 1. The van der Waals surface area contributed by atoms with Gasteiger partial charge in [0.05, 0.1) is 10.5 Å². The maximum Gasteiger partial charge on any atom is 0.336 e. The number of aromatic carboxylic acids is 1. The molecule has 1 rings (SSSR count). The highest BCUT2D eigenvalue weighted by atomic mass is 79.9. The standard InChI is InChI=1S/C12H14BrNO4S/c1-7(2)6-14-19(17,18)9-4-10(12(15)16)8(3)11(13)5-9/h4-5,14H,1,6H2,2-3H3,(H,15,16). The Hall–Kier alpha value is -1.18. The molecule has 5 nitrogen and oxygen atoms in total. The summed E-state index contributed by atoms with van der Waals surface area (Å²) >= 11 is 3.16. The molecule has 0 radical (unpaired) electrons. The van der Waals surface area contributed by atoms with Crippen LogP contribution in [0.25, 0.3) is 0 Å². The van der Waals surface area contributed by atoms with Gasteiger partial charge in [0.1, 0.15) is 0 Å². The maximum atomic E-state index is 12.0. The van der Waals surface area contributed by atoms with Gasteiger partial charge in [0.25, 0.3) is 0 Å². The minimum Gasteiger partial charge on any atom is -0.478 e. The summed E-state index contributed by atoms with van der Waals surface area (Å²) in [5.41, 5.74) is 1.09. The molecule has 0 amide bonds. The van der Waals surface area contributed by atoms with Crippen molar-refractivity contribution >= 4 is 31.9 Å². The summed E-state index contributed by atoms with van der Waals surface area (Å²) < 4.78 is 26.8. The Morgan fingerprint density at radius 2 is 2.05 bits per heavy atom. The first-order valence-electron chi connectivity index (χ1n) is 5.32. The number of carboxylic acid groups (broad SMARTS) is 1. The third-order valence-corrected chi connectivity index (χ3v) is 4.63. The number of hydrogen-bond donors (Lipinski definition) is 2. The van der Waals surface area contributed by atoms with E-state index in [9.17, 15) is 13.2 Å². The number of carbonyl (C=O) groups is 1. The van der Waals surface area contributed by atoms with Gasteiger partial charge in [-0.2, -0.15) is 0 Å². The Labute approximate surface area is 120 Å². The summed E-state index contributed by atoms with van der Waals surface area (Å²) in [6.07, 6.45) is 0. The van der Waals surface area contributed by atoms with E-state index < -0.39 is 16.0 Å². The highest BCUT2D eigenvalue weighted by Crippen LogP contribution is 2.24. The van der Waals surface area contributed by atoms with Crippen LogP contribution in [0.2, 0.25) is 0 Å². The topological polar surface area (TPSA) is 83.5 Å². The maximum absolute atomic E-state index is 12.0. The average molecular weight is 348 g/mol. The van der Waals surface area contributed by atoms with Gasteiger partial charge in [0, 0.05) is 11.0 Å². The van der Waals surface area contributed by atoms with Gasteiger partial charge >= 0.3 is 5.97 Å². The largest absolute Gasteiger partial charge is 0.478 e. The molecule has 0 aliphatic heterocycles. The fourth-order valence-electron chi connectivity index (χ4n) is 1.33. The Morgan fingerprint density at radius 1 is 1.47 bits per heavy atom. The lowest BCUT2D eigenvalue weighted by Crippen LogP contribution is -2.25. The molecule has 1 aromatic carbocycles. The lowest BCUT2D eigenvalue weighted by molar-refractivity contribution is 0.0695. The molecule has 0 unspecified atom stereocenters. The predicted molar refractivity (Wildman–Crippen MR) is 75.8 cm³/mol. The zero-order valence-electron chi connectivity index (χ0n) is 10.5. The first-order valence-corrected chi connectivity index (χ1v) is 7.60. The molecule has 2 N–H and O–H groups in total. The fourth-order valence-corrected chi connectivity index (χ4v) is 3.09. The van der Waals surface area contributed by atoms with Crippen LogP contribution in [0.5, 0.6) is 0 Å². The lowest BCUT2D eigenvalue weighted by atomic mass is 10.1. The zero-order valence-corrected chi connectivity index (χ0v) is 12.9. The van der Waals surface area contributed by atoms with Gasteiger partial charge in [-0.15, -0.1) is 0 Å². The molecular formula is C12H14BrNO4S. The normalized spacial score (nSPS) is 11.3. The molecule has 0 aromatic heterocycles. The van der Waals surface area contributed by atoms with Gasteiger partial charge < -0.3 is 5.11 Å². The van der Waals surface area contributed by atoms with Crippen molar-refractivity contribution < 1.29 is 18.3 Å². The highest BCUT2D eigenvalue weighted by molar-refractivity contribution is 9.10. The molecule has 0 aliphatic carbocycles. The van der Waals surface area contributed by atoms with Crippen LogP contribution in [0.1, 0.15) is 22.8 Å². The average Bonchev–Trinajstić information content (AvgIpc) is 2.29. The van der Waals surface area contributed by atoms with Gasteiger partial charge in [-0.25, -0.2) is 17.9 Å². The molecule has 7 heteroatoms. The van der Waals surface area contributed by atoms with Crippen LogP contribution in [0.4, 0.5) is 0 Å². The van der Waals surface area contributed by atoms with Crippen molar-refractivity contribution in [3.8, 4) is 0 Å². The molecule has 0 saturated carbocycles. The Morgan fingerprint density at radius 3 is 2.53 bits per heavy atom. The predicted octanol–water partition coefficient (Wildman–Crippen LogP) is 2.31. The fraction of sp³-hybridized carbons (Fsp3) is 0.250. The molecule has 104 valence electrons. The molecule has 19 heavy (non-hydrogen) atoms. The Balaban J connectivity index is 3.28. The van der Waals surface area contributed by atoms with Crippen LogP contribution < -0.4 is 4.72 Å². The minimum atomic E-state index is -3.75. The van der Waals surface area contributed by atoms with E-state index in [1.54, 1.807) is 13.8 Å². The number of rotatable bonds is 5.